The van der Waals surface area contributed by atoms with Gasteiger partial charge in [0, 0.05) is 0 Å². The van der Waals surface area contributed by atoms with E-state index in [-0.39, 0.29) is 7.25 Å². The number of fused-ring (bicyclic) bond motifs is 5. The normalized spacial score (nSPS) is 16.3. The van der Waals surface area contributed by atoms with Crippen LogP contribution in [0.25, 0.3) is 78.9 Å². The van der Waals surface area contributed by atoms with Crippen LogP contribution in [-0.4, -0.2) is 9.52 Å². The number of halogens is 2. The summed E-state index contributed by atoms with van der Waals surface area (Å²) in [6.07, 6.45) is 4.96. The predicted octanol–water partition coefficient (Wildman–Crippen LogP) is 15.7. The number of benzene rings is 10. The van der Waals surface area contributed by atoms with E-state index in [1.54, 1.807) is 0 Å². The van der Waals surface area contributed by atoms with Crippen molar-refractivity contribution in [2.45, 2.75) is 7.25 Å². The molecule has 1 aliphatic heterocycles. The molecule has 0 radical (unpaired) electrons. The molecule has 2 atom stereocenters. The Morgan fingerprint density at radius 3 is 1.13 bits per heavy atom. The van der Waals surface area contributed by atoms with Gasteiger partial charge in [0.15, 0.2) is 0 Å². The van der Waals surface area contributed by atoms with Crippen LogP contribution in [0.4, 0.5) is 0 Å². The molecule has 0 saturated carbocycles. The molecule has 0 saturated heterocycles. The molecule has 70 heavy (non-hydrogen) atoms. The van der Waals surface area contributed by atoms with Crippen LogP contribution in [0.3, 0.4) is 0 Å². The van der Waals surface area contributed by atoms with E-state index >= 15 is 0 Å². The quantitative estimate of drug-likeness (QED) is 0.126. The van der Waals surface area contributed by atoms with E-state index in [0.29, 0.717) is 0 Å². The second-order valence-electron chi connectivity index (χ2n) is 19.1. The molecule has 13 rings (SSSR count). The monoisotopic (exact) mass is 1030 g/mol. The molecule has 4 heteroatoms. The molecule has 2 unspecified atom stereocenters. The van der Waals surface area contributed by atoms with Crippen molar-refractivity contribution in [3.63, 3.8) is 0 Å². The van der Waals surface area contributed by atoms with Crippen molar-refractivity contribution in [2.24, 2.45) is 0 Å². The number of allylic oxidation sites excluding steroid dienone is 2. The summed E-state index contributed by atoms with van der Waals surface area (Å²) in [6.45, 7) is 0. The number of hydrogen-bond donors (Lipinski definition) is 0. The number of rotatable bonds is 9. The zero-order valence-electron chi connectivity index (χ0n) is 38.4. The SMILES string of the molecule is [Cl][Zr]([Cl])([c]1cccc2c1[SiH2]c1ccccc1-2)([CH]1C(c2ccccc2)=Cc2c1ccc(-c1ccccc1)c2-c1ccccc1)[CH]1C(c2ccccc2)=Cc2c1ccc(-c1ccccc1)c2-c1ccccc1. The van der Waals surface area contributed by atoms with Crippen molar-refractivity contribution >= 4 is 63.5 Å². The van der Waals surface area contributed by atoms with Crippen molar-refractivity contribution in [2.75, 3.05) is 0 Å². The summed E-state index contributed by atoms with van der Waals surface area (Å²) in [5.74, 6) is 0. The Balaban J connectivity index is 1.18. The Morgan fingerprint density at radius 2 is 0.686 bits per heavy atom. The van der Waals surface area contributed by atoms with Gasteiger partial charge in [-0.2, -0.15) is 0 Å². The third-order valence-corrected chi connectivity index (χ3v) is 37.8. The molecule has 0 nitrogen and oxygen atoms in total. The van der Waals surface area contributed by atoms with Gasteiger partial charge >= 0.3 is 425 Å². The van der Waals surface area contributed by atoms with Crippen molar-refractivity contribution in [3.05, 3.63) is 282 Å². The molecular formula is C66H47Cl2SiZr. The van der Waals surface area contributed by atoms with E-state index in [2.05, 4.69) is 261 Å². The van der Waals surface area contributed by atoms with Gasteiger partial charge in [-0.15, -0.1) is 0 Å². The molecule has 0 N–H and O–H groups in total. The summed E-state index contributed by atoms with van der Waals surface area (Å²) in [4.78, 5) is 0. The Morgan fingerprint density at radius 1 is 0.314 bits per heavy atom. The first-order valence-electron chi connectivity index (χ1n) is 24.3. The van der Waals surface area contributed by atoms with E-state index in [1.165, 1.54) is 103 Å². The molecule has 3 aliphatic rings. The van der Waals surface area contributed by atoms with Crippen LogP contribution >= 0.6 is 17.0 Å². The third-order valence-electron chi connectivity index (χ3n) is 15.3. The van der Waals surface area contributed by atoms with Gasteiger partial charge in [-0.05, 0) is 0 Å². The second kappa shape index (κ2) is 17.3. The van der Waals surface area contributed by atoms with Crippen LogP contribution in [0.15, 0.2) is 249 Å². The van der Waals surface area contributed by atoms with E-state index in [1.807, 2.05) is 0 Å². The molecule has 1 heterocycles. The van der Waals surface area contributed by atoms with Gasteiger partial charge in [0.25, 0.3) is 0 Å². The molecule has 0 aromatic heterocycles. The van der Waals surface area contributed by atoms with E-state index < -0.39 is 25.9 Å². The zero-order valence-corrected chi connectivity index (χ0v) is 43.8. The van der Waals surface area contributed by atoms with Crippen molar-refractivity contribution in [1.29, 1.82) is 0 Å². The van der Waals surface area contributed by atoms with Gasteiger partial charge < -0.3 is 0 Å². The molecule has 0 spiro atoms. The van der Waals surface area contributed by atoms with Crippen molar-refractivity contribution in [3.8, 4) is 55.6 Å². The molecule has 333 valence electrons. The standard InChI is InChI=1S/2C27H19.C12H9Si.2ClH.Zr/c2*1-4-10-20(11-5-1)24-18-23-16-17-25(21-12-6-2-7-13-21)27(26(23)19-24)22-14-8-3-9-15-22;1-3-7-11-9(5-1)10-6-2-4-8-12(10)13-11;;;/h2*1-19H;1-7H,13H2;2*1H;/q;;;;;+2/p-2. The fourth-order valence-corrected chi connectivity index (χ4v) is 39.4. The summed E-state index contributed by atoms with van der Waals surface area (Å²) in [7, 11) is 18.5. The van der Waals surface area contributed by atoms with Crippen molar-refractivity contribution in [1.82, 2.24) is 0 Å². The molecule has 0 bridgehead atoms. The van der Waals surface area contributed by atoms with Crippen LogP contribution in [0.5, 0.6) is 0 Å². The summed E-state index contributed by atoms with van der Waals surface area (Å²) < 4.78 is 0.526. The minimum absolute atomic E-state index is 0.337. The van der Waals surface area contributed by atoms with Gasteiger partial charge in [-0.1, -0.05) is 0 Å². The van der Waals surface area contributed by atoms with Gasteiger partial charge in [-0.3, -0.25) is 0 Å². The summed E-state index contributed by atoms with van der Waals surface area (Å²) >= 11 is -6.11. The Labute approximate surface area is 421 Å². The van der Waals surface area contributed by atoms with Gasteiger partial charge in [0.1, 0.15) is 0 Å². The van der Waals surface area contributed by atoms with Gasteiger partial charge in [-0.25, -0.2) is 0 Å². The van der Waals surface area contributed by atoms with Crippen LogP contribution in [0.2, 0.25) is 0 Å². The fourth-order valence-electron chi connectivity index (χ4n) is 12.4. The first-order chi connectivity index (χ1) is 34.5. The maximum absolute atomic E-state index is 9.73. The maximum atomic E-state index is 9.73. The summed E-state index contributed by atoms with van der Waals surface area (Å²) in [5, 5.41) is 2.85. The molecule has 10 aromatic carbocycles. The van der Waals surface area contributed by atoms with E-state index in [9.17, 15) is 17.0 Å². The van der Waals surface area contributed by atoms with Crippen LogP contribution in [0, 0.1) is 0 Å². The van der Waals surface area contributed by atoms with Gasteiger partial charge in [0.05, 0.1) is 0 Å². The van der Waals surface area contributed by atoms with Crippen molar-refractivity contribution < 1.29 is 16.4 Å². The van der Waals surface area contributed by atoms with Crippen LogP contribution < -0.4 is 13.6 Å². The Bertz CT molecular complexity index is 3510. The topological polar surface area (TPSA) is 0 Å². The third kappa shape index (κ3) is 6.87. The average molecular weight is 1030 g/mol. The van der Waals surface area contributed by atoms with E-state index in [4.69, 9.17) is 0 Å². The Hall–Kier alpha value is -6.64. The Kier molecular flexibility index (Phi) is 10.7. The molecular weight excluding hydrogens is 983 g/mol. The number of hydrogen-bond acceptors (Lipinski definition) is 0. The first kappa shape index (κ1) is 43.4. The zero-order chi connectivity index (χ0) is 46.8. The summed E-state index contributed by atoms with van der Waals surface area (Å²) in [6, 6.07) is 90.9. The molecule has 0 fully saturated rings. The van der Waals surface area contributed by atoms with Crippen LogP contribution in [0.1, 0.15) is 40.6 Å². The van der Waals surface area contributed by atoms with E-state index in [0.717, 1.165) is 11.1 Å². The second-order valence-corrected chi connectivity index (χ2v) is 41.5. The predicted molar refractivity (Wildman–Crippen MR) is 300 cm³/mol. The minimum atomic E-state index is -6.11. The first-order valence-corrected chi connectivity index (χ1v) is 36.1. The van der Waals surface area contributed by atoms with Gasteiger partial charge in [0.2, 0.25) is 0 Å². The summed E-state index contributed by atoms with van der Waals surface area (Å²) in [5.41, 5.74) is 21.6. The average Bonchev–Trinajstić information content (AvgIpc) is 4.15. The fraction of sp³-hybridized carbons (Fsp3) is 0.0303. The molecule has 2 aliphatic carbocycles. The van der Waals surface area contributed by atoms with Crippen LogP contribution in [-0.2, 0) is 16.4 Å². The molecule has 10 aromatic rings. The molecule has 0 amide bonds.